The van der Waals surface area contributed by atoms with Gasteiger partial charge in [-0.05, 0) is 39.8 Å². The van der Waals surface area contributed by atoms with Crippen molar-refractivity contribution in [2.75, 3.05) is 20.6 Å². The van der Waals surface area contributed by atoms with E-state index in [0.29, 0.717) is 12.8 Å². The van der Waals surface area contributed by atoms with E-state index in [1.54, 1.807) is 0 Å². The van der Waals surface area contributed by atoms with E-state index in [1.807, 2.05) is 19.0 Å². The molecule has 0 aliphatic heterocycles. The maximum absolute atomic E-state index is 12.8. The fourth-order valence-electron chi connectivity index (χ4n) is 2.91. The number of hydrogen-bond acceptors (Lipinski definition) is 3. The lowest BCUT2D eigenvalue weighted by atomic mass is 9.75. The number of alkyl halides is 3. The third-order valence-electron chi connectivity index (χ3n) is 4.65. The smallest absolute Gasteiger partial charge is 0.352 e. The average molecular weight is 309 g/mol. The van der Waals surface area contributed by atoms with Crippen LogP contribution in [-0.2, 0) is 4.79 Å². The second kappa shape index (κ2) is 6.12. The topological polar surface area (TPSA) is 58.4 Å². The van der Waals surface area contributed by atoms with Crippen molar-refractivity contribution in [1.29, 1.82) is 0 Å². The molecule has 0 aromatic carbocycles. The van der Waals surface area contributed by atoms with Crippen molar-refractivity contribution in [2.45, 2.75) is 56.8 Å². The molecule has 4 nitrogen and oxygen atoms in total. The number of rotatable bonds is 4. The quantitative estimate of drug-likeness (QED) is 0.834. The molecule has 0 aromatic rings. The van der Waals surface area contributed by atoms with Crippen molar-refractivity contribution in [3.63, 3.8) is 0 Å². The van der Waals surface area contributed by atoms with E-state index < -0.39 is 17.6 Å². The first-order chi connectivity index (χ1) is 9.42. The molecular weight excluding hydrogens is 283 g/mol. The Labute approximate surface area is 124 Å². The summed E-state index contributed by atoms with van der Waals surface area (Å²) in [4.78, 5) is 13.8. The molecule has 0 spiro atoms. The van der Waals surface area contributed by atoms with Gasteiger partial charge >= 0.3 is 6.18 Å². The summed E-state index contributed by atoms with van der Waals surface area (Å²) in [5.41, 5.74) is 1.99. The number of nitrogens with one attached hydrogen (secondary N) is 1. The van der Waals surface area contributed by atoms with Crippen molar-refractivity contribution >= 4 is 5.91 Å². The monoisotopic (exact) mass is 309 g/mol. The summed E-state index contributed by atoms with van der Waals surface area (Å²) < 4.78 is 38.3. The van der Waals surface area contributed by atoms with Crippen LogP contribution >= 0.6 is 0 Å². The van der Waals surface area contributed by atoms with Crippen molar-refractivity contribution in [3.8, 4) is 0 Å². The van der Waals surface area contributed by atoms with E-state index in [2.05, 4.69) is 12.2 Å². The second-order valence-electron chi connectivity index (χ2n) is 6.70. The molecule has 0 heterocycles. The zero-order chi connectivity index (χ0) is 16.5. The maximum atomic E-state index is 12.8. The molecule has 1 amide bonds. The molecule has 1 aliphatic carbocycles. The van der Waals surface area contributed by atoms with Crippen LogP contribution in [0.1, 0.15) is 39.5 Å². The number of nitrogens with two attached hydrogens (primary N) is 1. The number of carbonyl (C=O) groups is 1. The predicted octanol–water partition coefficient (Wildman–Crippen LogP) is 1.89. The van der Waals surface area contributed by atoms with Crippen molar-refractivity contribution in [1.82, 2.24) is 10.2 Å². The van der Waals surface area contributed by atoms with Crippen LogP contribution in [-0.4, -0.2) is 48.7 Å². The average Bonchev–Trinajstić information content (AvgIpc) is 2.34. The first-order valence-electron chi connectivity index (χ1n) is 7.24. The largest absolute Gasteiger partial charge is 0.415 e. The predicted molar refractivity (Wildman–Crippen MR) is 75.7 cm³/mol. The molecule has 21 heavy (non-hydrogen) atoms. The number of amides is 1. The Hall–Kier alpha value is -0.820. The minimum atomic E-state index is -4.76. The highest BCUT2D eigenvalue weighted by atomic mass is 19.4. The van der Waals surface area contributed by atoms with E-state index in [1.165, 1.54) is 0 Å². The Morgan fingerprint density at radius 2 is 2.00 bits per heavy atom. The molecule has 1 saturated carbocycles. The van der Waals surface area contributed by atoms with Gasteiger partial charge in [0, 0.05) is 12.1 Å². The molecule has 3 N–H and O–H groups in total. The fraction of sp³-hybridized carbons (Fsp3) is 0.929. The van der Waals surface area contributed by atoms with E-state index in [4.69, 9.17) is 5.73 Å². The summed E-state index contributed by atoms with van der Waals surface area (Å²) in [5, 5.41) is 2.42. The lowest BCUT2D eigenvalue weighted by Crippen LogP contribution is -2.64. The molecule has 3 unspecified atom stereocenters. The Morgan fingerprint density at radius 3 is 2.43 bits per heavy atom. The molecular formula is C14H26F3N3O. The van der Waals surface area contributed by atoms with Gasteiger partial charge in [-0.15, -0.1) is 0 Å². The summed E-state index contributed by atoms with van der Waals surface area (Å²) in [7, 11) is 3.80. The van der Waals surface area contributed by atoms with Gasteiger partial charge in [0.1, 0.15) is 0 Å². The summed E-state index contributed by atoms with van der Waals surface area (Å²) >= 11 is 0. The molecule has 0 aromatic heterocycles. The highest BCUT2D eigenvalue weighted by molar-refractivity contribution is 5.86. The van der Waals surface area contributed by atoms with Gasteiger partial charge in [-0.1, -0.05) is 19.8 Å². The van der Waals surface area contributed by atoms with Crippen LogP contribution in [0.15, 0.2) is 0 Å². The van der Waals surface area contributed by atoms with Crippen molar-refractivity contribution in [3.05, 3.63) is 0 Å². The maximum Gasteiger partial charge on any atom is 0.415 e. The first kappa shape index (κ1) is 18.2. The van der Waals surface area contributed by atoms with Gasteiger partial charge in [-0.3, -0.25) is 4.79 Å². The second-order valence-corrected chi connectivity index (χ2v) is 6.70. The number of likely N-dealkylation sites (N-methyl/N-ethyl adjacent to an activating group) is 1. The molecule has 7 heteroatoms. The van der Waals surface area contributed by atoms with E-state index >= 15 is 0 Å². The van der Waals surface area contributed by atoms with Gasteiger partial charge in [0.2, 0.25) is 5.91 Å². The Kier molecular flexibility index (Phi) is 5.31. The number of hydrogen-bond donors (Lipinski definition) is 2. The summed E-state index contributed by atoms with van der Waals surface area (Å²) in [6.07, 6.45) is -0.928. The van der Waals surface area contributed by atoms with Gasteiger partial charge in [0.25, 0.3) is 0 Å². The molecule has 0 saturated heterocycles. The molecule has 1 fully saturated rings. The van der Waals surface area contributed by atoms with Crippen LogP contribution in [0, 0.1) is 5.92 Å². The molecule has 3 atom stereocenters. The van der Waals surface area contributed by atoms with Gasteiger partial charge in [0.15, 0.2) is 5.54 Å². The Bertz CT molecular complexity index is 382. The van der Waals surface area contributed by atoms with Crippen LogP contribution in [0.4, 0.5) is 13.2 Å². The SMILES string of the molecule is CC1CCCC(CNC(=O)C(C)(N)C(F)(F)F)(N(C)C)C1. The van der Waals surface area contributed by atoms with Gasteiger partial charge in [0.05, 0.1) is 0 Å². The highest BCUT2D eigenvalue weighted by Gasteiger charge is 2.54. The Balaban J connectivity index is 2.77. The van der Waals surface area contributed by atoms with Crippen LogP contribution in [0.25, 0.3) is 0 Å². The highest BCUT2D eigenvalue weighted by Crippen LogP contribution is 2.35. The number of carbonyl (C=O) groups excluding carboxylic acids is 1. The van der Waals surface area contributed by atoms with Gasteiger partial charge < -0.3 is 16.0 Å². The van der Waals surface area contributed by atoms with Gasteiger partial charge in [-0.25, -0.2) is 0 Å². The van der Waals surface area contributed by atoms with E-state index in [9.17, 15) is 18.0 Å². The molecule has 0 bridgehead atoms. The number of nitrogens with zero attached hydrogens (tertiary/aromatic N) is 1. The summed E-state index contributed by atoms with van der Waals surface area (Å²) in [6.45, 7) is 3.02. The van der Waals surface area contributed by atoms with Crippen molar-refractivity contribution in [2.24, 2.45) is 11.7 Å². The van der Waals surface area contributed by atoms with Crippen LogP contribution < -0.4 is 11.1 Å². The van der Waals surface area contributed by atoms with Crippen molar-refractivity contribution < 1.29 is 18.0 Å². The van der Waals surface area contributed by atoms with E-state index in [-0.39, 0.29) is 12.1 Å². The minimum Gasteiger partial charge on any atom is -0.352 e. The van der Waals surface area contributed by atoms with E-state index in [0.717, 1.165) is 25.7 Å². The fourth-order valence-corrected chi connectivity index (χ4v) is 2.91. The Morgan fingerprint density at radius 1 is 1.43 bits per heavy atom. The van der Waals surface area contributed by atoms with Crippen LogP contribution in [0.3, 0.4) is 0 Å². The number of halogens is 3. The minimum absolute atomic E-state index is 0.187. The third kappa shape index (κ3) is 3.88. The molecule has 1 aliphatic rings. The van der Waals surface area contributed by atoms with Crippen LogP contribution in [0.2, 0.25) is 0 Å². The first-order valence-corrected chi connectivity index (χ1v) is 7.24. The molecule has 1 rings (SSSR count). The third-order valence-corrected chi connectivity index (χ3v) is 4.65. The molecule has 0 radical (unpaired) electrons. The van der Waals surface area contributed by atoms with Gasteiger partial charge in [-0.2, -0.15) is 13.2 Å². The lowest BCUT2D eigenvalue weighted by molar-refractivity contribution is -0.187. The van der Waals surface area contributed by atoms with Crippen LogP contribution in [0.5, 0.6) is 0 Å². The summed E-state index contributed by atoms with van der Waals surface area (Å²) in [5.74, 6) is -0.681. The standard InChI is InChI=1S/C14H26F3N3O/c1-10-6-5-7-13(8-10,20(3)4)9-19-11(21)12(2,18)14(15,16)17/h10H,5-9,18H2,1-4H3,(H,19,21). The lowest BCUT2D eigenvalue weighted by Gasteiger charge is -2.45. The molecule has 124 valence electrons. The normalized spacial score (nSPS) is 30.0. The zero-order valence-electron chi connectivity index (χ0n) is 13.2. The summed E-state index contributed by atoms with van der Waals surface area (Å²) in [6, 6.07) is 0. The zero-order valence-corrected chi connectivity index (χ0v) is 13.2.